The fraction of sp³-hybridized carbons (Fsp3) is 0.192. The van der Waals surface area contributed by atoms with E-state index in [1.165, 1.54) is 29.2 Å². The van der Waals surface area contributed by atoms with Crippen molar-refractivity contribution in [3.63, 3.8) is 0 Å². The van der Waals surface area contributed by atoms with Crippen LogP contribution in [0, 0.1) is 11.2 Å². The molecule has 3 aromatic carbocycles. The number of amides is 2. The van der Waals surface area contributed by atoms with Gasteiger partial charge in [0.05, 0.1) is 6.34 Å². The van der Waals surface area contributed by atoms with E-state index in [1.54, 1.807) is 19.2 Å². The molecule has 0 aliphatic carbocycles. The Morgan fingerprint density at radius 2 is 1.62 bits per heavy atom. The van der Waals surface area contributed by atoms with E-state index >= 15 is 0 Å². The Balaban J connectivity index is 1.83. The summed E-state index contributed by atoms with van der Waals surface area (Å²) in [4.78, 5) is 26.2. The summed E-state index contributed by atoms with van der Waals surface area (Å²) in [6.45, 7) is 3.99. The molecule has 164 valence electrons. The highest BCUT2D eigenvalue weighted by molar-refractivity contribution is 6.05. The lowest BCUT2D eigenvalue weighted by molar-refractivity contribution is -0.127. The van der Waals surface area contributed by atoms with Gasteiger partial charge in [0, 0.05) is 24.7 Å². The first-order valence-corrected chi connectivity index (χ1v) is 10.2. The molecule has 0 spiro atoms. The topological polar surface area (TPSA) is 73.3 Å². The summed E-state index contributed by atoms with van der Waals surface area (Å²) in [7, 11) is 1.57. The monoisotopic (exact) mass is 431 g/mol. The minimum Gasteiger partial charge on any atom is -0.322 e. The van der Waals surface area contributed by atoms with Crippen LogP contribution >= 0.6 is 0 Å². The number of carbonyl (C=O) groups excluding carboxylic acids is 2. The van der Waals surface area contributed by atoms with Gasteiger partial charge in [0.15, 0.2) is 0 Å². The molecular weight excluding hydrogens is 405 g/mol. The number of halogens is 1. The van der Waals surface area contributed by atoms with Crippen molar-refractivity contribution in [3.05, 3.63) is 89.7 Å². The number of nitrogens with one attached hydrogen (secondary N) is 2. The number of anilines is 1. The lowest BCUT2D eigenvalue weighted by Crippen LogP contribution is -2.31. The highest BCUT2D eigenvalue weighted by atomic mass is 19.1. The molecule has 0 radical (unpaired) electrons. The average Bonchev–Trinajstić information content (AvgIpc) is 2.80. The Kier molecular flexibility index (Phi) is 6.83. The van der Waals surface area contributed by atoms with Crippen LogP contribution in [0.3, 0.4) is 0 Å². The highest BCUT2D eigenvalue weighted by Crippen LogP contribution is 2.31. The normalized spacial score (nSPS) is 11.0. The van der Waals surface area contributed by atoms with Gasteiger partial charge >= 0.3 is 0 Å². The zero-order valence-electron chi connectivity index (χ0n) is 18.4. The molecule has 32 heavy (non-hydrogen) atoms. The molecule has 3 aromatic rings. The molecule has 0 saturated carbocycles. The van der Waals surface area contributed by atoms with Crippen LogP contribution in [0.25, 0.3) is 11.1 Å². The van der Waals surface area contributed by atoms with E-state index in [0.717, 1.165) is 23.0 Å². The number of hydrogen-bond donors (Lipinski definition) is 2. The summed E-state index contributed by atoms with van der Waals surface area (Å²) >= 11 is 0. The zero-order chi connectivity index (χ0) is 23.3. The summed E-state index contributed by atoms with van der Waals surface area (Å²) in [6.07, 6.45) is 1.28. The first-order valence-electron chi connectivity index (χ1n) is 10.2. The first-order chi connectivity index (χ1) is 15.2. The fourth-order valence-electron chi connectivity index (χ4n) is 3.37. The highest BCUT2D eigenvalue weighted by Gasteiger charge is 2.26. The molecule has 0 heterocycles. The van der Waals surface area contributed by atoms with Crippen LogP contribution in [0.15, 0.2) is 72.8 Å². The van der Waals surface area contributed by atoms with Crippen molar-refractivity contribution in [2.24, 2.45) is 0 Å². The van der Waals surface area contributed by atoms with Gasteiger partial charge < -0.3 is 10.2 Å². The van der Waals surface area contributed by atoms with Crippen LogP contribution in [0.4, 0.5) is 10.1 Å². The minimum atomic E-state index is -0.429. The predicted octanol–water partition coefficient (Wildman–Crippen LogP) is 5.48. The Bertz CT molecular complexity index is 1140. The Morgan fingerprint density at radius 1 is 1.00 bits per heavy atom. The molecule has 0 aromatic heterocycles. The van der Waals surface area contributed by atoms with Crippen LogP contribution in [0.1, 0.15) is 36.2 Å². The van der Waals surface area contributed by atoms with Crippen molar-refractivity contribution in [2.75, 3.05) is 12.4 Å². The summed E-state index contributed by atoms with van der Waals surface area (Å²) in [5, 5.41) is 10.0. The molecule has 0 aliphatic heterocycles. The maximum atomic E-state index is 13.1. The Labute approximate surface area is 187 Å². The number of benzene rings is 3. The smallest absolute Gasteiger partial charge is 0.255 e. The second-order valence-corrected chi connectivity index (χ2v) is 8.32. The lowest BCUT2D eigenvalue weighted by atomic mass is 9.80. The SMILES string of the molecule is CN(C=N)C(=O)CC(C)(C)c1cccc(-c2cccc(C(=O)Nc3ccc(F)cc3)c2)c1. The van der Waals surface area contributed by atoms with E-state index in [-0.39, 0.29) is 24.1 Å². The Hall–Kier alpha value is -3.80. The molecule has 0 aliphatic rings. The van der Waals surface area contributed by atoms with Gasteiger partial charge in [0.1, 0.15) is 5.82 Å². The van der Waals surface area contributed by atoms with Gasteiger partial charge in [-0.2, -0.15) is 0 Å². The van der Waals surface area contributed by atoms with Gasteiger partial charge in [-0.1, -0.05) is 50.2 Å². The Morgan fingerprint density at radius 3 is 2.28 bits per heavy atom. The third-order valence-electron chi connectivity index (χ3n) is 5.38. The predicted molar refractivity (Wildman–Crippen MR) is 125 cm³/mol. The van der Waals surface area contributed by atoms with Crippen LogP contribution in [-0.4, -0.2) is 30.1 Å². The molecule has 0 fully saturated rings. The van der Waals surface area contributed by atoms with Gasteiger partial charge in [-0.15, -0.1) is 0 Å². The second-order valence-electron chi connectivity index (χ2n) is 8.32. The second kappa shape index (κ2) is 9.56. The molecule has 0 saturated heterocycles. The van der Waals surface area contributed by atoms with Crippen molar-refractivity contribution in [2.45, 2.75) is 25.7 Å². The molecule has 0 atom stereocenters. The molecule has 0 bridgehead atoms. The van der Waals surface area contributed by atoms with Crippen molar-refractivity contribution >= 4 is 23.8 Å². The molecule has 2 amide bonds. The zero-order valence-corrected chi connectivity index (χ0v) is 18.4. The van der Waals surface area contributed by atoms with E-state index in [1.807, 2.05) is 50.2 Å². The summed E-state index contributed by atoms with van der Waals surface area (Å²) < 4.78 is 13.1. The summed E-state index contributed by atoms with van der Waals surface area (Å²) in [5.74, 6) is -0.774. The standard InChI is InChI=1S/C26H26FN3O2/c1-26(2,16-24(31)30(3)17-28)21-9-5-7-19(15-21)18-6-4-8-20(14-18)25(32)29-23-12-10-22(27)11-13-23/h4-15,17,28H,16H2,1-3H3,(H,29,32). The third-order valence-corrected chi connectivity index (χ3v) is 5.38. The number of hydrogen-bond acceptors (Lipinski definition) is 3. The first kappa shape index (κ1) is 22.9. The molecule has 3 rings (SSSR count). The lowest BCUT2D eigenvalue weighted by Gasteiger charge is -2.26. The summed E-state index contributed by atoms with van der Waals surface area (Å²) in [6, 6.07) is 20.8. The van der Waals surface area contributed by atoms with E-state index in [2.05, 4.69) is 5.32 Å². The average molecular weight is 432 g/mol. The quantitative estimate of drug-likeness (QED) is 0.384. The number of rotatable bonds is 7. The molecule has 0 unspecified atom stereocenters. The largest absolute Gasteiger partial charge is 0.322 e. The van der Waals surface area contributed by atoms with Crippen molar-refractivity contribution in [3.8, 4) is 11.1 Å². The van der Waals surface area contributed by atoms with E-state index in [0.29, 0.717) is 11.3 Å². The van der Waals surface area contributed by atoms with Crippen LogP contribution < -0.4 is 5.32 Å². The number of nitrogens with zero attached hydrogens (tertiary/aromatic N) is 1. The summed E-state index contributed by atoms with van der Waals surface area (Å²) in [5.41, 5.74) is 3.37. The maximum Gasteiger partial charge on any atom is 0.255 e. The van der Waals surface area contributed by atoms with Crippen molar-refractivity contribution in [1.29, 1.82) is 5.41 Å². The van der Waals surface area contributed by atoms with Crippen molar-refractivity contribution < 1.29 is 14.0 Å². The fourth-order valence-corrected chi connectivity index (χ4v) is 3.37. The van der Waals surface area contributed by atoms with Gasteiger partial charge in [0.2, 0.25) is 5.91 Å². The van der Waals surface area contributed by atoms with Crippen LogP contribution in [0.5, 0.6) is 0 Å². The molecule has 2 N–H and O–H groups in total. The maximum absolute atomic E-state index is 13.1. The number of carbonyl (C=O) groups is 2. The third kappa shape index (κ3) is 5.46. The van der Waals surface area contributed by atoms with E-state index in [9.17, 15) is 14.0 Å². The van der Waals surface area contributed by atoms with E-state index < -0.39 is 5.41 Å². The van der Waals surface area contributed by atoms with Gasteiger partial charge in [0.25, 0.3) is 5.91 Å². The van der Waals surface area contributed by atoms with Crippen LogP contribution in [-0.2, 0) is 10.2 Å². The molecular formula is C26H26FN3O2. The van der Waals surface area contributed by atoms with Crippen LogP contribution in [0.2, 0.25) is 0 Å². The van der Waals surface area contributed by atoms with Gasteiger partial charge in [-0.3, -0.25) is 15.0 Å². The van der Waals surface area contributed by atoms with Gasteiger partial charge in [-0.05, 0) is 58.5 Å². The molecule has 6 heteroatoms. The van der Waals surface area contributed by atoms with Gasteiger partial charge in [-0.25, -0.2) is 4.39 Å². The van der Waals surface area contributed by atoms with E-state index in [4.69, 9.17) is 5.41 Å². The van der Waals surface area contributed by atoms with Crippen molar-refractivity contribution in [1.82, 2.24) is 4.90 Å². The minimum absolute atomic E-state index is 0.130. The molecule has 5 nitrogen and oxygen atoms in total.